The number of rotatable bonds is 1. The highest BCUT2D eigenvalue weighted by atomic mass is 15.4. The van der Waals surface area contributed by atoms with Crippen LogP contribution in [0.1, 0.15) is 19.3 Å². The van der Waals surface area contributed by atoms with Crippen LogP contribution in [0, 0.1) is 0 Å². The molecule has 2 bridgehead atoms. The van der Waals surface area contributed by atoms with E-state index in [1.165, 1.54) is 45.4 Å². The Hall–Kier alpha value is -0.120. The lowest BCUT2D eigenvalue weighted by Gasteiger charge is -2.57. The molecule has 3 heteroatoms. The molecule has 0 aliphatic carbocycles. The van der Waals surface area contributed by atoms with Crippen molar-refractivity contribution in [3.05, 3.63) is 0 Å². The highest BCUT2D eigenvalue weighted by molar-refractivity contribution is 5.00. The van der Waals surface area contributed by atoms with Gasteiger partial charge in [0.2, 0.25) is 0 Å². The molecule has 14 heavy (non-hydrogen) atoms. The lowest BCUT2D eigenvalue weighted by atomic mass is 9.86. The minimum Gasteiger partial charge on any atom is -0.317 e. The van der Waals surface area contributed by atoms with E-state index in [1.807, 2.05) is 0 Å². The number of hydrogen-bond donors (Lipinski definition) is 1. The van der Waals surface area contributed by atoms with E-state index < -0.39 is 0 Å². The average Bonchev–Trinajstić information content (AvgIpc) is 2.30. The maximum Gasteiger partial charge on any atom is 0.0239 e. The zero-order valence-corrected chi connectivity index (χ0v) is 9.08. The van der Waals surface area contributed by atoms with Gasteiger partial charge in [-0.2, -0.15) is 0 Å². The first-order valence-corrected chi connectivity index (χ1v) is 6.01. The van der Waals surface area contributed by atoms with Gasteiger partial charge in [-0.15, -0.1) is 0 Å². The van der Waals surface area contributed by atoms with Crippen molar-refractivity contribution < 1.29 is 0 Å². The summed E-state index contributed by atoms with van der Waals surface area (Å²) in [5.74, 6) is 0. The lowest BCUT2D eigenvalue weighted by Crippen LogP contribution is -2.68. The second-order valence-corrected chi connectivity index (χ2v) is 5.14. The molecular weight excluding hydrogens is 174 g/mol. The Kier molecular flexibility index (Phi) is 2.26. The van der Waals surface area contributed by atoms with Crippen LogP contribution in [0.25, 0.3) is 0 Å². The third-order valence-corrected chi connectivity index (χ3v) is 4.41. The quantitative estimate of drug-likeness (QED) is 0.641. The van der Waals surface area contributed by atoms with Gasteiger partial charge in [0.15, 0.2) is 0 Å². The summed E-state index contributed by atoms with van der Waals surface area (Å²) in [5, 5.41) is 3.45. The standard InChI is InChI=1S/C11H21N3/c1-13-10-6-11(13)8-14(7-10)9-2-4-12-5-3-9/h9-12H,2-8H2,1H3. The van der Waals surface area contributed by atoms with Crippen molar-refractivity contribution in [3.8, 4) is 0 Å². The molecular formula is C11H21N3. The molecule has 2 atom stereocenters. The highest BCUT2D eigenvalue weighted by Crippen LogP contribution is 2.32. The van der Waals surface area contributed by atoms with Gasteiger partial charge in [0.05, 0.1) is 0 Å². The molecule has 2 unspecified atom stereocenters. The van der Waals surface area contributed by atoms with Crippen LogP contribution in [0.4, 0.5) is 0 Å². The number of nitrogens with one attached hydrogen (secondary N) is 1. The highest BCUT2D eigenvalue weighted by Gasteiger charge is 2.43. The number of nitrogens with zero attached hydrogens (tertiary/aromatic N) is 2. The third kappa shape index (κ3) is 1.38. The zero-order valence-electron chi connectivity index (χ0n) is 9.08. The summed E-state index contributed by atoms with van der Waals surface area (Å²) in [4.78, 5) is 5.32. The molecule has 1 N–H and O–H groups in total. The van der Waals surface area contributed by atoms with Gasteiger partial charge in [0.25, 0.3) is 0 Å². The minimum atomic E-state index is 0.878. The zero-order chi connectivity index (χ0) is 9.54. The molecule has 0 amide bonds. The second kappa shape index (κ2) is 3.47. The summed E-state index contributed by atoms with van der Waals surface area (Å²) in [6.07, 6.45) is 4.18. The van der Waals surface area contributed by atoms with E-state index in [4.69, 9.17) is 0 Å². The minimum absolute atomic E-state index is 0.878. The summed E-state index contributed by atoms with van der Waals surface area (Å²) >= 11 is 0. The molecule has 4 rings (SSSR count). The van der Waals surface area contributed by atoms with Gasteiger partial charge in [-0.25, -0.2) is 0 Å². The number of likely N-dealkylation sites (N-methyl/N-ethyl adjacent to an activating group) is 1. The molecule has 0 saturated carbocycles. The van der Waals surface area contributed by atoms with Crippen LogP contribution in [0.15, 0.2) is 0 Å². The molecule has 4 aliphatic rings. The molecule has 4 heterocycles. The first-order chi connectivity index (χ1) is 6.84. The van der Waals surface area contributed by atoms with E-state index in [0.29, 0.717) is 0 Å². The number of fused-ring (bicyclic) bond motifs is 2. The molecule has 0 aromatic heterocycles. The predicted molar refractivity (Wildman–Crippen MR) is 57.4 cm³/mol. The first kappa shape index (κ1) is 9.13. The van der Waals surface area contributed by atoms with Crippen LogP contribution >= 0.6 is 0 Å². The van der Waals surface area contributed by atoms with Gasteiger partial charge in [0, 0.05) is 31.2 Å². The predicted octanol–water partition coefficient (Wildman–Crippen LogP) is 0.127. The Labute approximate surface area is 86.4 Å². The maximum absolute atomic E-state index is 3.45. The van der Waals surface area contributed by atoms with Gasteiger partial charge < -0.3 is 5.32 Å². The summed E-state index contributed by atoms with van der Waals surface area (Å²) in [5.41, 5.74) is 0. The van der Waals surface area contributed by atoms with E-state index in [9.17, 15) is 0 Å². The van der Waals surface area contributed by atoms with E-state index in [-0.39, 0.29) is 0 Å². The van der Waals surface area contributed by atoms with Crippen molar-refractivity contribution >= 4 is 0 Å². The van der Waals surface area contributed by atoms with Crippen molar-refractivity contribution in [2.24, 2.45) is 0 Å². The molecule has 4 aliphatic heterocycles. The van der Waals surface area contributed by atoms with Gasteiger partial charge in [-0.05, 0) is 39.4 Å². The van der Waals surface area contributed by atoms with E-state index >= 15 is 0 Å². The second-order valence-electron chi connectivity index (χ2n) is 5.14. The average molecular weight is 195 g/mol. The summed E-state index contributed by atoms with van der Waals surface area (Å²) in [6, 6.07) is 2.64. The lowest BCUT2D eigenvalue weighted by molar-refractivity contribution is -0.0688. The van der Waals surface area contributed by atoms with E-state index in [0.717, 1.165) is 18.1 Å². The topological polar surface area (TPSA) is 18.5 Å². The molecule has 4 saturated heterocycles. The van der Waals surface area contributed by atoms with E-state index in [2.05, 4.69) is 22.2 Å². The van der Waals surface area contributed by atoms with Crippen LogP contribution in [-0.2, 0) is 0 Å². The van der Waals surface area contributed by atoms with Crippen molar-refractivity contribution in [2.75, 3.05) is 33.2 Å². The van der Waals surface area contributed by atoms with Crippen molar-refractivity contribution in [1.29, 1.82) is 0 Å². The van der Waals surface area contributed by atoms with E-state index in [1.54, 1.807) is 0 Å². The fourth-order valence-corrected chi connectivity index (χ4v) is 3.30. The SMILES string of the molecule is CN1C2CC1CN(C1CCNCC1)C2. The summed E-state index contributed by atoms with van der Waals surface area (Å²) in [7, 11) is 2.29. The molecule has 80 valence electrons. The summed E-state index contributed by atoms with van der Waals surface area (Å²) in [6.45, 7) is 5.12. The van der Waals surface area contributed by atoms with Crippen molar-refractivity contribution in [3.63, 3.8) is 0 Å². The number of hydrogen-bond acceptors (Lipinski definition) is 3. The number of piperazine rings is 1. The molecule has 0 aromatic carbocycles. The van der Waals surface area contributed by atoms with Gasteiger partial charge in [-0.3, -0.25) is 9.80 Å². The molecule has 3 nitrogen and oxygen atoms in total. The van der Waals surface area contributed by atoms with Gasteiger partial charge >= 0.3 is 0 Å². The number of piperidine rings is 2. The monoisotopic (exact) mass is 195 g/mol. The van der Waals surface area contributed by atoms with Crippen LogP contribution < -0.4 is 5.32 Å². The fraction of sp³-hybridized carbons (Fsp3) is 1.00. The van der Waals surface area contributed by atoms with Crippen LogP contribution in [-0.4, -0.2) is 61.2 Å². The Morgan fingerprint density at radius 3 is 2.21 bits per heavy atom. The van der Waals surface area contributed by atoms with Crippen LogP contribution in [0.2, 0.25) is 0 Å². The smallest absolute Gasteiger partial charge is 0.0239 e. The molecule has 0 spiro atoms. The van der Waals surface area contributed by atoms with Crippen LogP contribution in [0.3, 0.4) is 0 Å². The van der Waals surface area contributed by atoms with Gasteiger partial charge in [-0.1, -0.05) is 0 Å². The third-order valence-electron chi connectivity index (χ3n) is 4.41. The van der Waals surface area contributed by atoms with Crippen LogP contribution in [0.5, 0.6) is 0 Å². The molecule has 0 radical (unpaired) electrons. The largest absolute Gasteiger partial charge is 0.317 e. The Morgan fingerprint density at radius 2 is 1.64 bits per heavy atom. The Morgan fingerprint density at radius 1 is 1.00 bits per heavy atom. The van der Waals surface area contributed by atoms with Crippen molar-refractivity contribution in [2.45, 2.75) is 37.4 Å². The fourth-order valence-electron chi connectivity index (χ4n) is 3.30. The van der Waals surface area contributed by atoms with Gasteiger partial charge in [0.1, 0.15) is 0 Å². The molecule has 0 aromatic rings. The molecule has 4 fully saturated rings. The first-order valence-electron chi connectivity index (χ1n) is 6.01. The normalized spacial score (nSPS) is 40.9. The Balaban J connectivity index is 1.59. The Bertz CT molecular complexity index is 201. The van der Waals surface area contributed by atoms with Crippen molar-refractivity contribution in [1.82, 2.24) is 15.1 Å². The summed E-state index contributed by atoms with van der Waals surface area (Å²) < 4.78 is 0. The maximum atomic E-state index is 3.45.